The zero-order valence-corrected chi connectivity index (χ0v) is 17.4. The molecule has 2 rings (SSSR count). The fourth-order valence-electron chi connectivity index (χ4n) is 3.06. The molecule has 0 aliphatic rings. The second-order valence-electron chi connectivity index (χ2n) is 6.77. The molecule has 0 aliphatic heterocycles. The largest absolute Gasteiger partial charge is 0.495 e. The molecule has 7 heteroatoms. The van der Waals surface area contributed by atoms with Crippen LogP contribution in [0.25, 0.3) is 0 Å². The summed E-state index contributed by atoms with van der Waals surface area (Å²) in [5.74, 6) is -0.0273. The van der Waals surface area contributed by atoms with Crippen molar-refractivity contribution in [2.45, 2.75) is 27.7 Å². The van der Waals surface area contributed by atoms with Crippen LogP contribution in [-0.4, -0.2) is 34.2 Å². The van der Waals surface area contributed by atoms with Gasteiger partial charge in [0.05, 0.1) is 19.1 Å². The van der Waals surface area contributed by atoms with Crippen molar-refractivity contribution in [3.8, 4) is 5.75 Å². The lowest BCUT2D eigenvalue weighted by Gasteiger charge is -2.24. The first-order valence-corrected chi connectivity index (χ1v) is 10.4. The zero-order chi connectivity index (χ0) is 20.4. The number of hydrogen-bond donors (Lipinski definition) is 1. The van der Waals surface area contributed by atoms with Gasteiger partial charge in [-0.2, -0.15) is 0 Å². The third kappa shape index (κ3) is 5.01. The van der Waals surface area contributed by atoms with Crippen LogP contribution in [0.2, 0.25) is 0 Å². The van der Waals surface area contributed by atoms with E-state index < -0.39 is 15.9 Å². The molecule has 0 atom stereocenters. The zero-order valence-electron chi connectivity index (χ0n) is 16.6. The molecule has 1 N–H and O–H groups in total. The molecule has 0 aliphatic carbocycles. The van der Waals surface area contributed by atoms with E-state index in [-0.39, 0.29) is 6.54 Å². The van der Waals surface area contributed by atoms with Crippen LogP contribution in [0, 0.1) is 27.7 Å². The highest BCUT2D eigenvalue weighted by atomic mass is 32.2. The van der Waals surface area contributed by atoms with Gasteiger partial charge in [0.25, 0.3) is 0 Å². The second-order valence-corrected chi connectivity index (χ2v) is 8.67. The molecule has 2 aromatic carbocycles. The number of anilines is 2. The Morgan fingerprint density at radius 1 is 1.04 bits per heavy atom. The van der Waals surface area contributed by atoms with Crippen LogP contribution in [0.3, 0.4) is 0 Å². The van der Waals surface area contributed by atoms with Crippen molar-refractivity contribution < 1.29 is 17.9 Å². The van der Waals surface area contributed by atoms with Gasteiger partial charge >= 0.3 is 0 Å². The number of rotatable bonds is 6. The number of hydrogen-bond acceptors (Lipinski definition) is 4. The fourth-order valence-corrected chi connectivity index (χ4v) is 3.91. The molecule has 27 heavy (non-hydrogen) atoms. The van der Waals surface area contributed by atoms with E-state index in [4.69, 9.17) is 4.74 Å². The van der Waals surface area contributed by atoms with E-state index in [1.807, 2.05) is 45.9 Å². The third-order valence-electron chi connectivity index (χ3n) is 4.23. The Morgan fingerprint density at radius 3 is 2.15 bits per heavy atom. The number of carbonyl (C=O) groups is 1. The van der Waals surface area contributed by atoms with Gasteiger partial charge in [0.1, 0.15) is 12.3 Å². The summed E-state index contributed by atoms with van der Waals surface area (Å²) >= 11 is 0. The molecule has 0 unspecified atom stereocenters. The van der Waals surface area contributed by atoms with E-state index in [1.54, 1.807) is 12.1 Å². The Bertz CT molecular complexity index is 945. The Labute approximate surface area is 161 Å². The molecule has 0 heterocycles. The molecule has 0 fully saturated rings. The van der Waals surface area contributed by atoms with Crippen molar-refractivity contribution >= 4 is 27.3 Å². The van der Waals surface area contributed by atoms with Crippen molar-refractivity contribution in [3.63, 3.8) is 0 Å². The van der Waals surface area contributed by atoms with Crippen molar-refractivity contribution in [2.75, 3.05) is 29.5 Å². The summed E-state index contributed by atoms with van der Waals surface area (Å²) in [6, 6.07) is 9.15. The number of nitrogens with zero attached hydrogens (tertiary/aromatic N) is 1. The molecule has 6 nitrogen and oxygen atoms in total. The predicted molar refractivity (Wildman–Crippen MR) is 109 cm³/mol. The highest BCUT2D eigenvalue weighted by Crippen LogP contribution is 2.31. The van der Waals surface area contributed by atoms with Crippen molar-refractivity contribution in [3.05, 3.63) is 52.6 Å². The van der Waals surface area contributed by atoms with Crippen LogP contribution in [0.5, 0.6) is 5.75 Å². The van der Waals surface area contributed by atoms with Crippen molar-refractivity contribution in [1.82, 2.24) is 0 Å². The maximum absolute atomic E-state index is 12.7. The molecule has 2 aromatic rings. The molecular weight excluding hydrogens is 364 g/mol. The maximum atomic E-state index is 12.7. The molecule has 146 valence electrons. The fraction of sp³-hybridized carbons (Fsp3) is 0.350. The number of nitrogens with one attached hydrogen (secondary N) is 1. The van der Waals surface area contributed by atoms with Gasteiger partial charge in [-0.3, -0.25) is 9.10 Å². The lowest BCUT2D eigenvalue weighted by atomic mass is 10.1. The number of carbonyl (C=O) groups excluding carboxylic acids is 1. The summed E-state index contributed by atoms with van der Waals surface area (Å²) in [6.45, 7) is 7.32. The number of sulfonamides is 1. The normalized spacial score (nSPS) is 11.2. The number of methoxy groups -OCH3 is 1. The highest BCUT2D eigenvalue weighted by Gasteiger charge is 2.24. The number of benzene rings is 2. The summed E-state index contributed by atoms with van der Waals surface area (Å²) in [6.07, 6.45) is 1.07. The predicted octanol–water partition coefficient (Wildman–Crippen LogP) is 3.33. The van der Waals surface area contributed by atoms with Gasteiger partial charge in [0.2, 0.25) is 15.9 Å². The third-order valence-corrected chi connectivity index (χ3v) is 5.36. The quantitative estimate of drug-likeness (QED) is 0.821. The Hall–Kier alpha value is -2.54. The topological polar surface area (TPSA) is 75.7 Å². The molecule has 0 radical (unpaired) electrons. The second kappa shape index (κ2) is 8.00. The van der Waals surface area contributed by atoms with Gasteiger partial charge < -0.3 is 10.1 Å². The minimum Gasteiger partial charge on any atom is -0.495 e. The first kappa shape index (κ1) is 20.8. The molecule has 0 bridgehead atoms. The summed E-state index contributed by atoms with van der Waals surface area (Å²) in [4.78, 5) is 12.7. The summed E-state index contributed by atoms with van der Waals surface area (Å²) in [5, 5.41) is 2.84. The van der Waals surface area contributed by atoms with Crippen molar-refractivity contribution in [1.29, 1.82) is 0 Å². The van der Waals surface area contributed by atoms with Crippen LogP contribution < -0.4 is 14.4 Å². The summed E-state index contributed by atoms with van der Waals surface area (Å²) in [7, 11) is -2.22. The van der Waals surface area contributed by atoms with Gasteiger partial charge in [-0.15, -0.1) is 0 Å². The molecule has 0 saturated heterocycles. The van der Waals surface area contributed by atoms with Crippen molar-refractivity contribution in [2.24, 2.45) is 0 Å². The van der Waals surface area contributed by atoms with E-state index in [9.17, 15) is 13.2 Å². The lowest BCUT2D eigenvalue weighted by Crippen LogP contribution is -2.38. The van der Waals surface area contributed by atoms with Crippen LogP contribution in [-0.2, 0) is 14.8 Å². The summed E-state index contributed by atoms with van der Waals surface area (Å²) in [5.41, 5.74) is 4.87. The Balaban J connectivity index is 2.36. The SMILES string of the molecule is COc1ccc(C)cc1N(CC(=O)Nc1c(C)cc(C)cc1C)S(C)(=O)=O. The molecule has 1 amide bonds. The number of amides is 1. The molecule has 0 spiro atoms. The van der Waals surface area contributed by atoms with E-state index >= 15 is 0 Å². The van der Waals surface area contributed by atoms with E-state index in [1.165, 1.54) is 7.11 Å². The van der Waals surface area contributed by atoms with Crippen LogP contribution in [0.15, 0.2) is 30.3 Å². The summed E-state index contributed by atoms with van der Waals surface area (Å²) < 4.78 is 31.1. The smallest absolute Gasteiger partial charge is 0.245 e. The van der Waals surface area contributed by atoms with E-state index in [2.05, 4.69) is 5.32 Å². The standard InChI is InChI=1S/C20H26N2O4S/c1-13-7-8-18(26-5)17(11-13)22(27(6,24)25)12-19(23)21-20-15(3)9-14(2)10-16(20)4/h7-11H,12H2,1-6H3,(H,21,23). The Kier molecular flexibility index (Phi) is 6.15. The van der Waals surface area contributed by atoms with Gasteiger partial charge in [0.15, 0.2) is 0 Å². The first-order chi connectivity index (χ1) is 12.5. The van der Waals surface area contributed by atoms with Crippen LogP contribution in [0.1, 0.15) is 22.3 Å². The number of aryl methyl sites for hydroxylation is 4. The average Bonchev–Trinajstić information content (AvgIpc) is 2.55. The average molecular weight is 391 g/mol. The number of ether oxygens (including phenoxy) is 1. The van der Waals surface area contributed by atoms with Crippen LogP contribution in [0.4, 0.5) is 11.4 Å². The van der Waals surface area contributed by atoms with Gasteiger partial charge in [0, 0.05) is 5.69 Å². The maximum Gasteiger partial charge on any atom is 0.245 e. The minimum absolute atomic E-state index is 0.340. The van der Waals surface area contributed by atoms with Gasteiger partial charge in [-0.1, -0.05) is 23.8 Å². The Morgan fingerprint density at radius 2 is 1.63 bits per heavy atom. The lowest BCUT2D eigenvalue weighted by molar-refractivity contribution is -0.114. The molecule has 0 saturated carbocycles. The van der Waals surface area contributed by atoms with E-state index in [0.29, 0.717) is 17.1 Å². The van der Waals surface area contributed by atoms with Crippen LogP contribution >= 0.6 is 0 Å². The molecular formula is C20H26N2O4S. The van der Waals surface area contributed by atoms with Gasteiger partial charge in [-0.25, -0.2) is 8.42 Å². The van der Waals surface area contributed by atoms with Gasteiger partial charge in [-0.05, 0) is 56.5 Å². The minimum atomic E-state index is -3.69. The highest BCUT2D eigenvalue weighted by molar-refractivity contribution is 7.92. The molecule has 0 aromatic heterocycles. The first-order valence-electron chi connectivity index (χ1n) is 8.53. The van der Waals surface area contributed by atoms with E-state index in [0.717, 1.165) is 32.8 Å². The monoisotopic (exact) mass is 390 g/mol.